The van der Waals surface area contributed by atoms with Crippen LogP contribution >= 0.6 is 0 Å². The Morgan fingerprint density at radius 2 is 1.87 bits per heavy atom. The summed E-state index contributed by atoms with van der Waals surface area (Å²) in [6.45, 7) is 5.36. The first-order valence-corrected chi connectivity index (χ1v) is 5.63. The third-order valence-electron chi connectivity index (χ3n) is 1.68. The molecule has 0 spiro atoms. The molecule has 1 rings (SSSR count). The normalized spacial score (nSPS) is 10.5. The molecule has 0 unspecified atom stereocenters. The van der Waals surface area contributed by atoms with Gasteiger partial charge in [0.1, 0.15) is 0 Å². The van der Waals surface area contributed by atoms with E-state index in [1.54, 1.807) is 25.1 Å². The molecule has 0 saturated heterocycles. The molecule has 0 saturated carbocycles. The number of rotatable bonds is 4. The van der Waals surface area contributed by atoms with Crippen LogP contribution in [0.1, 0.15) is 12.5 Å². The van der Waals surface area contributed by atoms with Crippen molar-refractivity contribution in [2.24, 2.45) is 0 Å². The van der Waals surface area contributed by atoms with Crippen molar-refractivity contribution in [1.82, 2.24) is 0 Å². The van der Waals surface area contributed by atoms with Gasteiger partial charge in [-0.05, 0) is 24.6 Å². The van der Waals surface area contributed by atoms with Crippen LogP contribution in [0.15, 0.2) is 35.7 Å². The molecule has 0 aromatic heterocycles. The predicted molar refractivity (Wildman–Crippen MR) is 62.5 cm³/mol. The molecule has 0 radical (unpaired) electrons. The minimum absolute atomic E-state index is 0. The zero-order valence-electron chi connectivity index (χ0n) is 7.93. The molecule has 0 heterocycles. The first-order chi connectivity index (χ1) is 6.60. The summed E-state index contributed by atoms with van der Waals surface area (Å²) >= 11 is 0. The molecule has 15 heavy (non-hydrogen) atoms. The Morgan fingerprint density at radius 3 is 2.27 bits per heavy atom. The molecule has 0 amide bonds. The van der Waals surface area contributed by atoms with E-state index in [4.69, 9.17) is 0 Å². The van der Waals surface area contributed by atoms with Crippen molar-refractivity contribution in [3.8, 4) is 0 Å². The fourth-order valence-electron chi connectivity index (χ4n) is 0.994. The molecule has 0 fully saturated rings. The summed E-state index contributed by atoms with van der Waals surface area (Å²) in [4.78, 5) is 0.171. The van der Waals surface area contributed by atoms with Gasteiger partial charge in [-0.15, -0.1) is 0 Å². The van der Waals surface area contributed by atoms with Crippen LogP contribution in [0.3, 0.4) is 0 Å². The van der Waals surface area contributed by atoms with Crippen LogP contribution in [-0.2, 0) is 14.3 Å². The summed E-state index contributed by atoms with van der Waals surface area (Å²) in [6.07, 6.45) is 1.65. The minimum atomic E-state index is -3.57. The molecule has 0 aliphatic carbocycles. The van der Waals surface area contributed by atoms with Gasteiger partial charge >= 0.3 is 29.6 Å². The van der Waals surface area contributed by atoms with Gasteiger partial charge in [-0.25, -0.2) is 0 Å². The average molecular weight is 236 g/mol. The van der Waals surface area contributed by atoms with E-state index in [-0.39, 0.29) is 41.1 Å². The number of hydrogen-bond donors (Lipinski definition) is 0. The summed E-state index contributed by atoms with van der Waals surface area (Å²) in [5.41, 5.74) is 0.875. The molecule has 0 aliphatic rings. The first kappa shape index (κ1) is 14.9. The zero-order chi connectivity index (χ0) is 10.6. The molecule has 5 heteroatoms. The molecular weight excluding hydrogens is 223 g/mol. The Morgan fingerprint density at radius 1 is 1.33 bits per heavy atom. The maximum atomic E-state index is 11.4. The van der Waals surface area contributed by atoms with Crippen LogP contribution in [0, 0.1) is 0 Å². The molecule has 3 nitrogen and oxygen atoms in total. The van der Waals surface area contributed by atoms with Crippen molar-refractivity contribution in [2.45, 2.75) is 11.8 Å². The van der Waals surface area contributed by atoms with Gasteiger partial charge in [-0.1, -0.05) is 24.8 Å². The van der Waals surface area contributed by atoms with Gasteiger partial charge in [0.15, 0.2) is 0 Å². The Balaban J connectivity index is 0.00000196. The third kappa shape index (κ3) is 4.09. The summed E-state index contributed by atoms with van der Waals surface area (Å²) in [6, 6.07) is 6.36. The topological polar surface area (TPSA) is 43.4 Å². The van der Waals surface area contributed by atoms with Crippen molar-refractivity contribution >= 4 is 45.8 Å². The van der Waals surface area contributed by atoms with Crippen LogP contribution in [0.25, 0.3) is 6.08 Å². The Labute approximate surface area is 113 Å². The van der Waals surface area contributed by atoms with Gasteiger partial charge < -0.3 is 0 Å². The number of benzene rings is 1. The summed E-state index contributed by atoms with van der Waals surface area (Å²) in [7, 11) is -3.57. The molecule has 1 aromatic rings. The van der Waals surface area contributed by atoms with Crippen LogP contribution in [0.2, 0.25) is 0 Å². The molecule has 78 valence electrons. The zero-order valence-corrected chi connectivity index (χ0v) is 8.75. The predicted octanol–water partition coefficient (Wildman–Crippen LogP) is 1.41. The number of hydrogen-bond acceptors (Lipinski definition) is 3. The van der Waals surface area contributed by atoms with Gasteiger partial charge in [-0.2, -0.15) is 8.42 Å². The van der Waals surface area contributed by atoms with Crippen molar-refractivity contribution in [1.29, 1.82) is 0 Å². The average Bonchev–Trinajstić information content (AvgIpc) is 2.18. The molecular formula is C10H13NaO3S. The van der Waals surface area contributed by atoms with E-state index in [1.165, 1.54) is 12.1 Å². The second-order valence-electron chi connectivity index (χ2n) is 2.63. The van der Waals surface area contributed by atoms with Gasteiger partial charge in [0, 0.05) is 0 Å². The standard InChI is InChI=1S/C10H12O3S.Na.H/c1-3-9-5-7-10(8-6-9)14(11,12)13-4-2;;/h3,5-8H,1,4H2,2H3;;. The fourth-order valence-corrected chi connectivity index (χ4v) is 1.91. The van der Waals surface area contributed by atoms with E-state index in [0.717, 1.165) is 5.56 Å². The molecule has 0 aliphatic heterocycles. The molecule has 0 N–H and O–H groups in total. The van der Waals surface area contributed by atoms with E-state index < -0.39 is 10.1 Å². The summed E-state index contributed by atoms with van der Waals surface area (Å²) in [5.74, 6) is 0. The van der Waals surface area contributed by atoms with Crippen LogP contribution in [0.5, 0.6) is 0 Å². The van der Waals surface area contributed by atoms with E-state index in [9.17, 15) is 8.42 Å². The Kier molecular flexibility index (Phi) is 6.40. The molecule has 0 atom stereocenters. The van der Waals surface area contributed by atoms with E-state index in [1.807, 2.05) is 0 Å². The van der Waals surface area contributed by atoms with Gasteiger partial charge in [0.05, 0.1) is 11.5 Å². The van der Waals surface area contributed by atoms with Gasteiger partial charge in [0.25, 0.3) is 10.1 Å². The molecule has 0 bridgehead atoms. The maximum absolute atomic E-state index is 11.4. The van der Waals surface area contributed by atoms with Crippen LogP contribution < -0.4 is 0 Å². The monoisotopic (exact) mass is 236 g/mol. The van der Waals surface area contributed by atoms with E-state index in [0.29, 0.717) is 0 Å². The van der Waals surface area contributed by atoms with Crippen molar-refractivity contribution in [3.63, 3.8) is 0 Å². The Hall–Kier alpha value is -0.130. The second kappa shape index (κ2) is 6.45. The Bertz CT molecular complexity index is 409. The van der Waals surface area contributed by atoms with Crippen molar-refractivity contribution in [2.75, 3.05) is 6.61 Å². The quantitative estimate of drug-likeness (QED) is 0.586. The summed E-state index contributed by atoms with van der Waals surface area (Å²) in [5, 5.41) is 0. The molecule has 1 aromatic carbocycles. The van der Waals surface area contributed by atoms with Crippen molar-refractivity contribution < 1.29 is 12.6 Å². The van der Waals surface area contributed by atoms with Crippen LogP contribution in [0.4, 0.5) is 0 Å². The SMILES string of the molecule is C=Cc1ccc(S(=O)(=O)OCC)cc1.[NaH]. The van der Waals surface area contributed by atoms with Crippen LogP contribution in [-0.4, -0.2) is 44.6 Å². The van der Waals surface area contributed by atoms with Gasteiger partial charge in [-0.3, -0.25) is 4.18 Å². The summed E-state index contributed by atoms with van der Waals surface area (Å²) < 4.78 is 27.4. The second-order valence-corrected chi connectivity index (χ2v) is 4.25. The van der Waals surface area contributed by atoms with E-state index >= 15 is 0 Å². The van der Waals surface area contributed by atoms with E-state index in [2.05, 4.69) is 10.8 Å². The first-order valence-electron chi connectivity index (χ1n) is 4.22. The van der Waals surface area contributed by atoms with Crippen molar-refractivity contribution in [3.05, 3.63) is 36.4 Å². The van der Waals surface area contributed by atoms with Gasteiger partial charge in [0.2, 0.25) is 0 Å². The fraction of sp³-hybridized carbons (Fsp3) is 0.200. The third-order valence-corrected chi connectivity index (χ3v) is 3.07.